The molecule has 1 aromatic carbocycles. The maximum absolute atomic E-state index is 6.16. The zero-order chi connectivity index (χ0) is 12.4. The summed E-state index contributed by atoms with van der Waals surface area (Å²) in [7, 11) is 0. The summed E-state index contributed by atoms with van der Waals surface area (Å²) in [6.45, 7) is 4.38. The first kappa shape index (κ1) is 12.7. The van der Waals surface area contributed by atoms with Crippen molar-refractivity contribution < 1.29 is 0 Å². The molecule has 0 saturated carbocycles. The first-order valence-corrected chi connectivity index (χ1v) is 6.81. The molecule has 0 fully saturated rings. The lowest BCUT2D eigenvalue weighted by Crippen LogP contribution is -2.08. The van der Waals surface area contributed by atoms with Crippen LogP contribution in [-0.4, -0.2) is 9.55 Å². The number of benzene rings is 1. The third kappa shape index (κ3) is 2.29. The largest absolute Gasteiger partial charge is 0.324 e. The monoisotopic (exact) mass is 270 g/mol. The normalized spacial score (nSPS) is 13.2. The molecule has 0 aliphatic rings. The van der Waals surface area contributed by atoms with E-state index in [0.717, 1.165) is 29.7 Å². The molecule has 0 aliphatic heterocycles. The predicted molar refractivity (Wildman–Crippen MR) is 73.9 cm³/mol. The smallest absolute Gasteiger partial charge is 0.125 e. The van der Waals surface area contributed by atoms with E-state index in [1.54, 1.807) is 0 Å². The molecule has 4 heteroatoms. The van der Waals surface area contributed by atoms with Gasteiger partial charge in [-0.05, 0) is 25.5 Å². The van der Waals surface area contributed by atoms with Gasteiger partial charge in [0.1, 0.15) is 11.3 Å². The highest BCUT2D eigenvalue weighted by Crippen LogP contribution is 2.28. The van der Waals surface area contributed by atoms with Gasteiger partial charge in [-0.3, -0.25) is 0 Å². The van der Waals surface area contributed by atoms with E-state index in [-0.39, 0.29) is 0 Å². The predicted octanol–water partition coefficient (Wildman–Crippen LogP) is 4.79. The minimum atomic E-state index is 0.400. The zero-order valence-electron chi connectivity index (χ0n) is 10.1. The van der Waals surface area contributed by atoms with Gasteiger partial charge in [0, 0.05) is 6.04 Å². The Morgan fingerprint density at radius 3 is 2.82 bits per heavy atom. The summed E-state index contributed by atoms with van der Waals surface area (Å²) in [5.41, 5.74) is 1.93. The van der Waals surface area contributed by atoms with Crippen molar-refractivity contribution in [3.05, 3.63) is 29.0 Å². The van der Waals surface area contributed by atoms with Gasteiger partial charge in [-0.2, -0.15) is 0 Å². The van der Waals surface area contributed by atoms with E-state index in [0.29, 0.717) is 16.9 Å². The molecule has 1 aromatic heterocycles. The van der Waals surface area contributed by atoms with E-state index in [1.807, 2.05) is 12.1 Å². The summed E-state index contributed by atoms with van der Waals surface area (Å²) in [4.78, 5) is 4.53. The number of imidazole rings is 1. The maximum atomic E-state index is 6.16. The van der Waals surface area contributed by atoms with Crippen LogP contribution in [0.15, 0.2) is 18.2 Å². The van der Waals surface area contributed by atoms with Crippen LogP contribution in [0.25, 0.3) is 11.0 Å². The Bertz CT molecular complexity index is 519. The van der Waals surface area contributed by atoms with Crippen LogP contribution in [0, 0.1) is 0 Å². The third-order valence-electron chi connectivity index (χ3n) is 3.01. The van der Waals surface area contributed by atoms with Crippen molar-refractivity contribution in [1.29, 1.82) is 0 Å². The lowest BCUT2D eigenvalue weighted by Gasteiger charge is -2.16. The second-order valence-corrected chi connectivity index (χ2v) is 4.95. The van der Waals surface area contributed by atoms with Gasteiger partial charge in [0.05, 0.1) is 16.4 Å². The maximum Gasteiger partial charge on any atom is 0.125 e. The number of rotatable bonds is 4. The Kier molecular flexibility index (Phi) is 3.95. The Morgan fingerprint density at radius 2 is 2.18 bits per heavy atom. The minimum Gasteiger partial charge on any atom is -0.324 e. The number of halogens is 2. The van der Waals surface area contributed by atoms with Crippen molar-refractivity contribution in [3.8, 4) is 0 Å². The van der Waals surface area contributed by atoms with Crippen molar-refractivity contribution in [2.45, 2.75) is 38.6 Å². The fourth-order valence-electron chi connectivity index (χ4n) is 2.26. The third-order valence-corrected chi connectivity index (χ3v) is 3.55. The van der Waals surface area contributed by atoms with Crippen LogP contribution < -0.4 is 0 Å². The number of alkyl halides is 1. The highest BCUT2D eigenvalue weighted by molar-refractivity contribution is 6.35. The van der Waals surface area contributed by atoms with E-state index in [4.69, 9.17) is 23.2 Å². The van der Waals surface area contributed by atoms with E-state index in [9.17, 15) is 0 Å². The quantitative estimate of drug-likeness (QED) is 0.731. The van der Waals surface area contributed by atoms with Crippen molar-refractivity contribution in [1.82, 2.24) is 9.55 Å². The van der Waals surface area contributed by atoms with Gasteiger partial charge >= 0.3 is 0 Å². The van der Waals surface area contributed by atoms with Gasteiger partial charge in [-0.15, -0.1) is 11.6 Å². The minimum absolute atomic E-state index is 0.400. The van der Waals surface area contributed by atoms with Gasteiger partial charge < -0.3 is 4.57 Å². The first-order chi connectivity index (χ1) is 8.19. The summed E-state index contributed by atoms with van der Waals surface area (Å²) >= 11 is 12.1. The molecular formula is C13H16Cl2N2. The number of aromatic nitrogens is 2. The van der Waals surface area contributed by atoms with Crippen molar-refractivity contribution in [3.63, 3.8) is 0 Å². The molecule has 2 nitrogen and oxygen atoms in total. The lowest BCUT2D eigenvalue weighted by atomic mass is 10.2. The molecule has 92 valence electrons. The van der Waals surface area contributed by atoms with Crippen LogP contribution in [0.3, 0.4) is 0 Å². The molecule has 1 unspecified atom stereocenters. The van der Waals surface area contributed by atoms with E-state index < -0.39 is 0 Å². The van der Waals surface area contributed by atoms with E-state index in [1.165, 1.54) is 0 Å². The molecule has 0 N–H and O–H groups in total. The molecule has 2 aromatic rings. The molecule has 0 radical (unpaired) electrons. The van der Waals surface area contributed by atoms with Crippen molar-refractivity contribution in [2.24, 2.45) is 0 Å². The molecule has 0 saturated heterocycles. The first-order valence-electron chi connectivity index (χ1n) is 5.90. The summed E-state index contributed by atoms with van der Waals surface area (Å²) < 4.78 is 2.21. The van der Waals surface area contributed by atoms with Crippen molar-refractivity contribution in [2.75, 3.05) is 0 Å². The lowest BCUT2D eigenvalue weighted by molar-refractivity contribution is 0.500. The van der Waals surface area contributed by atoms with Crippen molar-refractivity contribution >= 4 is 34.2 Å². The highest BCUT2D eigenvalue weighted by atomic mass is 35.5. The van der Waals surface area contributed by atoms with Crippen LogP contribution >= 0.6 is 23.2 Å². The molecular weight excluding hydrogens is 255 g/mol. The van der Waals surface area contributed by atoms with Gasteiger partial charge in [0.2, 0.25) is 0 Å². The molecule has 0 amide bonds. The second kappa shape index (κ2) is 5.28. The highest BCUT2D eigenvalue weighted by Gasteiger charge is 2.15. The standard InChI is InChI=1S/C13H16Cl2N2/c1-3-5-9(2)17-11-7-4-6-10(15)13(11)16-12(17)8-14/h4,6-7,9H,3,5,8H2,1-2H3. The zero-order valence-corrected chi connectivity index (χ0v) is 11.6. The number of para-hydroxylation sites is 1. The topological polar surface area (TPSA) is 17.8 Å². The van der Waals surface area contributed by atoms with Gasteiger partial charge in [0.15, 0.2) is 0 Å². The Labute approximate surface area is 112 Å². The number of nitrogens with zero attached hydrogens (tertiary/aromatic N) is 2. The molecule has 0 aliphatic carbocycles. The fourth-order valence-corrected chi connectivity index (χ4v) is 2.66. The molecule has 0 bridgehead atoms. The average Bonchev–Trinajstić information content (AvgIpc) is 2.69. The SMILES string of the molecule is CCCC(C)n1c(CCl)nc2c(Cl)cccc21. The average molecular weight is 271 g/mol. The molecule has 2 rings (SSSR count). The van der Waals surface area contributed by atoms with Gasteiger partial charge in [-0.1, -0.05) is 31.0 Å². The summed E-state index contributed by atoms with van der Waals surface area (Å²) in [6, 6.07) is 6.27. The molecule has 17 heavy (non-hydrogen) atoms. The van der Waals surface area contributed by atoms with Crippen LogP contribution in [-0.2, 0) is 5.88 Å². The molecule has 1 atom stereocenters. The van der Waals surface area contributed by atoms with E-state index in [2.05, 4.69) is 29.5 Å². The van der Waals surface area contributed by atoms with Crippen LogP contribution in [0.5, 0.6) is 0 Å². The van der Waals surface area contributed by atoms with Crippen LogP contribution in [0.1, 0.15) is 38.6 Å². The number of hydrogen-bond donors (Lipinski definition) is 0. The van der Waals surface area contributed by atoms with Gasteiger partial charge in [0.25, 0.3) is 0 Å². The Hall–Kier alpha value is -0.730. The van der Waals surface area contributed by atoms with Crippen LogP contribution in [0.2, 0.25) is 5.02 Å². The van der Waals surface area contributed by atoms with E-state index >= 15 is 0 Å². The summed E-state index contributed by atoms with van der Waals surface area (Å²) in [5.74, 6) is 1.31. The Balaban J connectivity index is 2.62. The van der Waals surface area contributed by atoms with Gasteiger partial charge in [-0.25, -0.2) is 4.98 Å². The summed E-state index contributed by atoms with van der Waals surface area (Å²) in [6.07, 6.45) is 2.25. The fraction of sp³-hybridized carbons (Fsp3) is 0.462. The number of hydrogen-bond acceptors (Lipinski definition) is 1. The Morgan fingerprint density at radius 1 is 1.41 bits per heavy atom. The second-order valence-electron chi connectivity index (χ2n) is 4.28. The molecule has 1 heterocycles. The molecule has 0 spiro atoms. The van der Waals surface area contributed by atoms with Crippen LogP contribution in [0.4, 0.5) is 0 Å². The summed E-state index contributed by atoms with van der Waals surface area (Å²) in [5, 5.41) is 0.691. The number of fused-ring (bicyclic) bond motifs is 1.